The van der Waals surface area contributed by atoms with Crippen LogP contribution in [0.5, 0.6) is 0 Å². The number of allylic oxidation sites excluding steroid dienone is 2. The maximum Gasteiger partial charge on any atom is 0 e. The van der Waals surface area contributed by atoms with E-state index >= 15 is 0 Å². The van der Waals surface area contributed by atoms with Gasteiger partial charge in [0.1, 0.15) is 0 Å². The number of rotatable bonds is 0. The van der Waals surface area contributed by atoms with E-state index in [-0.39, 0.29) is 17.1 Å². The van der Waals surface area contributed by atoms with E-state index in [4.69, 9.17) is 0 Å². The van der Waals surface area contributed by atoms with Gasteiger partial charge in [0.25, 0.3) is 0 Å². The van der Waals surface area contributed by atoms with E-state index in [0.29, 0.717) is 0 Å². The maximum atomic E-state index is 3.32. The number of hydrogen-bond donors (Lipinski definition) is 0. The minimum Gasteiger partial charge on any atom is -0.497 e. The minimum atomic E-state index is 0. The summed E-state index contributed by atoms with van der Waals surface area (Å²) < 4.78 is 0. The van der Waals surface area contributed by atoms with E-state index in [1.807, 2.05) is 0 Å². The first kappa shape index (κ1) is 6.38. The molecular weight excluding hydrogens is 140 g/mol. The van der Waals surface area contributed by atoms with Crippen molar-refractivity contribution in [3.63, 3.8) is 0 Å². The largest absolute Gasteiger partial charge is 0.497 e. The molecule has 0 nitrogen and oxygen atoms in total. The molecule has 0 aliphatic heterocycles. The van der Waals surface area contributed by atoms with Crippen LogP contribution in [0.25, 0.3) is 0 Å². The molecule has 46 valence electrons. The Labute approximate surface area is 60.8 Å². The summed E-state index contributed by atoms with van der Waals surface area (Å²) in [5, 5.41) is 0. The van der Waals surface area contributed by atoms with Crippen molar-refractivity contribution in [2.24, 2.45) is 17.8 Å². The Kier molecular flexibility index (Phi) is 1.51. The molecule has 0 aromatic heterocycles. The van der Waals surface area contributed by atoms with Crippen LogP contribution in [0.4, 0.5) is 0 Å². The topological polar surface area (TPSA) is 0 Å². The molecule has 2 unspecified atom stereocenters. The van der Waals surface area contributed by atoms with Gasteiger partial charge in [-0.1, -0.05) is 25.2 Å². The summed E-state index contributed by atoms with van der Waals surface area (Å²) >= 11 is 0. The quantitative estimate of drug-likeness (QED) is 0.362. The number of hydrogen-bond acceptors (Lipinski definition) is 0. The summed E-state index contributed by atoms with van der Waals surface area (Å²) in [5.41, 5.74) is 0. The summed E-state index contributed by atoms with van der Waals surface area (Å²) in [6.45, 7) is 2.28. The predicted octanol–water partition coefficient (Wildman–Crippen LogP) is 1.63. The zero-order valence-electron chi connectivity index (χ0n) is 4.87. The smallest absolute Gasteiger partial charge is 0 e. The van der Waals surface area contributed by atoms with Gasteiger partial charge >= 0.3 is 0 Å². The second-order valence-electron chi connectivity index (χ2n) is 2.70. The fourth-order valence-electron chi connectivity index (χ4n) is 1.39. The molecule has 0 bridgehead atoms. The van der Waals surface area contributed by atoms with Crippen molar-refractivity contribution in [1.29, 1.82) is 0 Å². The SMILES string of the molecule is C[C@H]1C=[C-]C2CC21.[Fe]. The molecule has 3 atom stereocenters. The summed E-state index contributed by atoms with van der Waals surface area (Å²) in [5.74, 6) is 2.75. The third-order valence-corrected chi connectivity index (χ3v) is 2.09. The van der Waals surface area contributed by atoms with Crippen molar-refractivity contribution in [3.05, 3.63) is 12.2 Å². The molecule has 8 heavy (non-hydrogen) atoms. The van der Waals surface area contributed by atoms with Gasteiger partial charge in [0, 0.05) is 17.1 Å². The van der Waals surface area contributed by atoms with E-state index in [0.717, 1.165) is 17.8 Å². The first-order chi connectivity index (χ1) is 3.38. The van der Waals surface area contributed by atoms with Crippen molar-refractivity contribution in [2.45, 2.75) is 13.3 Å². The second kappa shape index (κ2) is 1.89. The first-order valence-corrected chi connectivity index (χ1v) is 2.97. The van der Waals surface area contributed by atoms with Crippen LogP contribution in [0.15, 0.2) is 6.08 Å². The molecule has 0 N–H and O–H groups in total. The van der Waals surface area contributed by atoms with Gasteiger partial charge in [0.15, 0.2) is 0 Å². The van der Waals surface area contributed by atoms with Crippen molar-refractivity contribution in [1.82, 2.24) is 0 Å². The summed E-state index contributed by atoms with van der Waals surface area (Å²) in [6.07, 6.45) is 6.97. The molecule has 2 aliphatic carbocycles. The van der Waals surface area contributed by atoms with Crippen molar-refractivity contribution in [2.75, 3.05) is 0 Å². The van der Waals surface area contributed by atoms with Crippen molar-refractivity contribution < 1.29 is 17.1 Å². The summed E-state index contributed by atoms with van der Waals surface area (Å²) in [7, 11) is 0. The molecule has 1 saturated carbocycles. The van der Waals surface area contributed by atoms with Gasteiger partial charge in [-0.2, -0.15) is 5.92 Å². The Bertz CT molecular complexity index is 118. The van der Waals surface area contributed by atoms with Gasteiger partial charge in [-0.3, -0.25) is 6.08 Å². The van der Waals surface area contributed by atoms with Gasteiger partial charge in [-0.15, -0.1) is 0 Å². The monoisotopic (exact) mass is 149 g/mol. The Balaban J connectivity index is 0.000000320. The van der Waals surface area contributed by atoms with Crippen LogP contribution < -0.4 is 0 Å². The molecule has 2 aliphatic rings. The van der Waals surface area contributed by atoms with Crippen molar-refractivity contribution >= 4 is 0 Å². The van der Waals surface area contributed by atoms with Crippen molar-refractivity contribution in [3.8, 4) is 0 Å². The Hall–Kier alpha value is 0.259. The molecule has 0 saturated heterocycles. The second-order valence-corrected chi connectivity index (χ2v) is 2.70. The minimum absolute atomic E-state index is 0. The average molecular weight is 149 g/mol. The average Bonchev–Trinajstić information content (AvgIpc) is 2.33. The fraction of sp³-hybridized carbons (Fsp3) is 0.714. The van der Waals surface area contributed by atoms with Gasteiger partial charge in [-0.05, 0) is 0 Å². The Morgan fingerprint density at radius 3 is 2.50 bits per heavy atom. The van der Waals surface area contributed by atoms with E-state index in [2.05, 4.69) is 19.1 Å². The molecule has 2 rings (SSSR count). The van der Waals surface area contributed by atoms with E-state index in [9.17, 15) is 0 Å². The molecule has 0 aromatic carbocycles. The molecule has 0 amide bonds. The fourth-order valence-corrected chi connectivity index (χ4v) is 1.39. The first-order valence-electron chi connectivity index (χ1n) is 2.97. The van der Waals surface area contributed by atoms with Crippen LogP contribution in [-0.2, 0) is 17.1 Å². The Morgan fingerprint density at radius 1 is 1.62 bits per heavy atom. The summed E-state index contributed by atoms with van der Waals surface area (Å²) in [6, 6.07) is 0. The molecule has 0 spiro atoms. The molecule has 0 aromatic rings. The van der Waals surface area contributed by atoms with Gasteiger partial charge in [0.05, 0.1) is 0 Å². The van der Waals surface area contributed by atoms with E-state index in [1.54, 1.807) is 0 Å². The van der Waals surface area contributed by atoms with E-state index in [1.165, 1.54) is 6.42 Å². The van der Waals surface area contributed by atoms with Crippen LogP contribution in [0.3, 0.4) is 0 Å². The van der Waals surface area contributed by atoms with Crippen LogP contribution in [0, 0.1) is 23.8 Å². The van der Waals surface area contributed by atoms with Crippen LogP contribution in [0.2, 0.25) is 0 Å². The number of fused-ring (bicyclic) bond motifs is 1. The Morgan fingerprint density at radius 2 is 2.38 bits per heavy atom. The summed E-state index contributed by atoms with van der Waals surface area (Å²) in [4.78, 5) is 0. The van der Waals surface area contributed by atoms with E-state index < -0.39 is 0 Å². The molecular formula is C7H9Fe-. The van der Waals surface area contributed by atoms with Gasteiger partial charge in [-0.25, -0.2) is 0 Å². The van der Waals surface area contributed by atoms with Crippen LogP contribution >= 0.6 is 0 Å². The van der Waals surface area contributed by atoms with Gasteiger partial charge in [0.2, 0.25) is 0 Å². The standard InChI is InChI=1S/C7H9.Fe/c1-5-2-3-6-4-7(5)6;/h2,5-7H,4H2,1H3;/q-1;/t5-,6?,7?;/m0./s1. The van der Waals surface area contributed by atoms with Crippen LogP contribution in [0.1, 0.15) is 13.3 Å². The zero-order valence-corrected chi connectivity index (χ0v) is 5.97. The van der Waals surface area contributed by atoms with Gasteiger partial charge < -0.3 is 6.08 Å². The van der Waals surface area contributed by atoms with Crippen LogP contribution in [-0.4, -0.2) is 0 Å². The zero-order chi connectivity index (χ0) is 4.85. The predicted molar refractivity (Wildman–Crippen MR) is 28.6 cm³/mol. The third kappa shape index (κ3) is 0.744. The molecule has 0 radical (unpaired) electrons. The molecule has 0 heterocycles. The normalized spacial score (nSPS) is 47.9. The third-order valence-electron chi connectivity index (χ3n) is 2.09. The molecule has 1 heteroatoms. The maximum absolute atomic E-state index is 3.32. The molecule has 1 fully saturated rings.